The molecule has 0 spiro atoms. The Labute approximate surface area is 110 Å². The van der Waals surface area contributed by atoms with Crippen LogP contribution in [0.3, 0.4) is 0 Å². The van der Waals surface area contributed by atoms with Gasteiger partial charge in [0, 0.05) is 19.8 Å². The number of anilines is 2. The van der Waals surface area contributed by atoms with Crippen LogP contribution < -0.4 is 9.62 Å². The van der Waals surface area contributed by atoms with Gasteiger partial charge in [0.05, 0.1) is 17.4 Å². The van der Waals surface area contributed by atoms with E-state index in [0.717, 1.165) is 17.0 Å². The highest BCUT2D eigenvalue weighted by molar-refractivity contribution is 7.94. The summed E-state index contributed by atoms with van der Waals surface area (Å²) in [7, 11) is 0.274. The fraction of sp³-hybridized carbons (Fsp3) is 0.182. The number of benzene rings is 1. The van der Waals surface area contributed by atoms with Crippen LogP contribution in [0.1, 0.15) is 0 Å². The molecule has 0 unspecified atom stereocenters. The van der Waals surface area contributed by atoms with Crippen molar-refractivity contribution < 1.29 is 8.42 Å². The topological polar surface area (TPSA) is 62.3 Å². The molecule has 1 aromatic heterocycles. The van der Waals surface area contributed by atoms with Crippen molar-refractivity contribution in [3.05, 3.63) is 36.0 Å². The van der Waals surface area contributed by atoms with Crippen molar-refractivity contribution >= 4 is 32.7 Å². The molecule has 0 radical (unpaired) electrons. The van der Waals surface area contributed by atoms with Crippen molar-refractivity contribution in [1.29, 1.82) is 0 Å². The summed E-state index contributed by atoms with van der Waals surface area (Å²) < 4.78 is 26.7. The maximum atomic E-state index is 12.0. The Morgan fingerprint density at radius 2 is 2.11 bits per heavy atom. The molecule has 0 amide bonds. The number of aromatic nitrogens is 1. The highest BCUT2D eigenvalue weighted by atomic mass is 32.2. The molecule has 5 nitrogen and oxygen atoms in total. The van der Waals surface area contributed by atoms with Crippen molar-refractivity contribution in [3.8, 4) is 0 Å². The van der Waals surface area contributed by atoms with Crippen LogP contribution in [0.2, 0.25) is 0 Å². The van der Waals surface area contributed by atoms with Crippen molar-refractivity contribution in [1.82, 2.24) is 4.98 Å². The monoisotopic (exact) mass is 283 g/mol. The Balaban J connectivity index is 2.27. The second-order valence-electron chi connectivity index (χ2n) is 3.87. The lowest BCUT2D eigenvalue weighted by molar-refractivity contribution is 0.603. The predicted octanol–water partition coefficient (Wildman–Crippen LogP) is 2.01. The molecule has 0 aliphatic rings. The third-order valence-electron chi connectivity index (χ3n) is 2.29. The summed E-state index contributed by atoms with van der Waals surface area (Å²) in [4.78, 5) is 5.67. The van der Waals surface area contributed by atoms with E-state index in [1.807, 2.05) is 25.1 Å². The van der Waals surface area contributed by atoms with Crippen molar-refractivity contribution in [2.75, 3.05) is 23.7 Å². The van der Waals surface area contributed by atoms with E-state index in [0.29, 0.717) is 5.69 Å². The lowest BCUT2D eigenvalue weighted by Gasteiger charge is -2.14. The largest absolute Gasteiger partial charge is 0.378 e. The van der Waals surface area contributed by atoms with Gasteiger partial charge in [-0.3, -0.25) is 9.71 Å². The number of sulfonamides is 1. The lowest BCUT2D eigenvalue weighted by atomic mass is 10.3. The van der Waals surface area contributed by atoms with Crippen LogP contribution in [-0.4, -0.2) is 27.5 Å². The van der Waals surface area contributed by atoms with Crippen molar-refractivity contribution in [3.63, 3.8) is 0 Å². The average molecular weight is 283 g/mol. The number of thiazole rings is 1. The van der Waals surface area contributed by atoms with Crippen LogP contribution in [0.5, 0.6) is 0 Å². The molecule has 1 aromatic carbocycles. The second kappa shape index (κ2) is 4.95. The van der Waals surface area contributed by atoms with Gasteiger partial charge in [-0.05, 0) is 18.2 Å². The molecule has 2 rings (SSSR count). The van der Waals surface area contributed by atoms with Crippen LogP contribution >= 0.6 is 11.3 Å². The lowest BCUT2D eigenvalue weighted by Crippen LogP contribution is -2.13. The Morgan fingerprint density at radius 1 is 1.33 bits per heavy atom. The normalized spacial score (nSPS) is 11.2. The summed E-state index contributed by atoms with van der Waals surface area (Å²) in [5, 5.41) is 0. The third-order valence-corrected chi connectivity index (χ3v) is 4.94. The van der Waals surface area contributed by atoms with Crippen LogP contribution in [-0.2, 0) is 10.0 Å². The summed E-state index contributed by atoms with van der Waals surface area (Å²) >= 11 is 1.09. The molecular weight excluding hydrogens is 270 g/mol. The minimum atomic E-state index is -3.52. The van der Waals surface area contributed by atoms with Gasteiger partial charge in [-0.15, -0.1) is 11.3 Å². The average Bonchev–Trinajstić information content (AvgIpc) is 2.82. The van der Waals surface area contributed by atoms with E-state index >= 15 is 0 Å². The van der Waals surface area contributed by atoms with Crippen LogP contribution in [0.4, 0.5) is 11.4 Å². The molecule has 0 atom stereocenters. The summed E-state index contributed by atoms with van der Waals surface area (Å²) in [6.07, 6.45) is 1.34. The first kappa shape index (κ1) is 12.8. The van der Waals surface area contributed by atoms with E-state index in [1.165, 1.54) is 11.7 Å². The third kappa shape index (κ3) is 2.80. The SMILES string of the molecule is CN(C)c1cccc(NS(=O)(=O)c2cncs2)c1. The summed E-state index contributed by atoms with van der Waals surface area (Å²) in [6.45, 7) is 0. The number of rotatable bonds is 4. The van der Waals surface area contributed by atoms with Gasteiger partial charge >= 0.3 is 0 Å². The van der Waals surface area contributed by atoms with Gasteiger partial charge in [0.2, 0.25) is 0 Å². The molecule has 0 saturated carbocycles. The zero-order valence-electron chi connectivity index (χ0n) is 9.99. The Hall–Kier alpha value is -1.60. The van der Waals surface area contributed by atoms with E-state index in [2.05, 4.69) is 9.71 Å². The van der Waals surface area contributed by atoms with E-state index in [4.69, 9.17) is 0 Å². The minimum absolute atomic E-state index is 0.206. The molecule has 1 N–H and O–H groups in total. The van der Waals surface area contributed by atoms with E-state index in [1.54, 1.807) is 18.2 Å². The quantitative estimate of drug-likeness (QED) is 0.932. The number of hydrogen-bond acceptors (Lipinski definition) is 5. The van der Waals surface area contributed by atoms with Crippen LogP contribution in [0, 0.1) is 0 Å². The Morgan fingerprint density at radius 3 is 2.72 bits per heavy atom. The van der Waals surface area contributed by atoms with Gasteiger partial charge < -0.3 is 4.90 Å². The van der Waals surface area contributed by atoms with Crippen LogP contribution in [0.15, 0.2) is 40.2 Å². The highest BCUT2D eigenvalue weighted by Gasteiger charge is 2.15. The van der Waals surface area contributed by atoms with Gasteiger partial charge in [0.15, 0.2) is 4.21 Å². The Kier molecular flexibility index (Phi) is 3.53. The van der Waals surface area contributed by atoms with Crippen molar-refractivity contribution in [2.24, 2.45) is 0 Å². The summed E-state index contributed by atoms with van der Waals surface area (Å²) in [5.41, 5.74) is 2.96. The van der Waals surface area contributed by atoms with Crippen LogP contribution in [0.25, 0.3) is 0 Å². The molecule has 1 heterocycles. The fourth-order valence-electron chi connectivity index (χ4n) is 1.39. The minimum Gasteiger partial charge on any atom is -0.378 e. The molecule has 96 valence electrons. The maximum Gasteiger partial charge on any atom is 0.273 e. The first-order valence-corrected chi connectivity index (χ1v) is 7.54. The zero-order valence-corrected chi connectivity index (χ0v) is 11.6. The smallest absolute Gasteiger partial charge is 0.273 e. The van der Waals surface area contributed by atoms with Gasteiger partial charge in [-0.25, -0.2) is 8.42 Å². The molecule has 0 fully saturated rings. The van der Waals surface area contributed by atoms with Gasteiger partial charge in [-0.1, -0.05) is 6.07 Å². The second-order valence-corrected chi connectivity index (χ2v) is 6.67. The van der Waals surface area contributed by atoms with E-state index < -0.39 is 10.0 Å². The molecule has 0 aliphatic heterocycles. The predicted molar refractivity (Wildman–Crippen MR) is 73.7 cm³/mol. The molecule has 0 aliphatic carbocycles. The highest BCUT2D eigenvalue weighted by Crippen LogP contribution is 2.22. The molecule has 2 aromatic rings. The standard InChI is InChI=1S/C11H13N3O2S2/c1-14(2)10-5-3-4-9(6-10)13-18(15,16)11-7-12-8-17-11/h3-8,13H,1-2H3. The van der Waals surface area contributed by atoms with Gasteiger partial charge in [-0.2, -0.15) is 0 Å². The Bertz CT molecular complexity index is 621. The number of nitrogens with one attached hydrogen (secondary N) is 1. The summed E-state index contributed by atoms with van der Waals surface area (Å²) in [5.74, 6) is 0. The molecule has 0 bridgehead atoms. The number of nitrogens with zero attached hydrogens (tertiary/aromatic N) is 2. The van der Waals surface area contributed by atoms with E-state index in [-0.39, 0.29) is 4.21 Å². The maximum absolute atomic E-state index is 12.0. The van der Waals surface area contributed by atoms with Gasteiger partial charge in [0.25, 0.3) is 10.0 Å². The molecule has 7 heteroatoms. The van der Waals surface area contributed by atoms with Gasteiger partial charge in [0.1, 0.15) is 0 Å². The fourth-order valence-corrected chi connectivity index (χ4v) is 3.24. The number of hydrogen-bond donors (Lipinski definition) is 1. The first-order valence-electron chi connectivity index (χ1n) is 5.18. The molecule has 18 heavy (non-hydrogen) atoms. The van der Waals surface area contributed by atoms with Crippen molar-refractivity contribution in [2.45, 2.75) is 4.21 Å². The zero-order chi connectivity index (χ0) is 13.2. The first-order chi connectivity index (χ1) is 8.49. The molecular formula is C11H13N3O2S2. The summed E-state index contributed by atoms with van der Waals surface area (Å²) in [6, 6.07) is 7.20. The van der Waals surface area contributed by atoms with E-state index in [9.17, 15) is 8.42 Å². The molecule has 0 saturated heterocycles.